The van der Waals surface area contributed by atoms with Gasteiger partial charge in [0.1, 0.15) is 11.5 Å². The molecule has 2 N–H and O–H groups in total. The standard InChI is InChI=1S/C29H39NO2S/c31-24-15-13-23(14-16-24)29-27(26-18-17-25(32)22-28(26)33-29)12-8-6-4-2-1-3-5-7-9-19-30-20-10-11-21-30/h13-18,22,31-32H,1-12,19-21H2. The summed E-state index contributed by atoms with van der Waals surface area (Å²) >= 11 is 1.74. The van der Waals surface area contributed by atoms with Crippen LogP contribution in [0.5, 0.6) is 11.5 Å². The van der Waals surface area contributed by atoms with Crippen molar-refractivity contribution in [3.63, 3.8) is 0 Å². The van der Waals surface area contributed by atoms with E-state index in [1.807, 2.05) is 18.2 Å². The summed E-state index contributed by atoms with van der Waals surface area (Å²) in [6.07, 6.45) is 16.0. The molecule has 0 aliphatic carbocycles. The second-order valence-electron chi connectivity index (χ2n) is 9.62. The molecule has 0 atom stereocenters. The topological polar surface area (TPSA) is 43.7 Å². The molecule has 4 rings (SSSR count). The first-order valence-corrected chi connectivity index (χ1v) is 13.8. The van der Waals surface area contributed by atoms with Crippen LogP contribution in [0.25, 0.3) is 20.5 Å². The van der Waals surface area contributed by atoms with E-state index in [4.69, 9.17) is 0 Å². The molecule has 0 spiro atoms. The molecule has 0 unspecified atom stereocenters. The van der Waals surface area contributed by atoms with Gasteiger partial charge in [0.05, 0.1) is 0 Å². The van der Waals surface area contributed by atoms with Gasteiger partial charge in [-0.1, -0.05) is 44.9 Å². The maximum Gasteiger partial charge on any atom is 0.117 e. The average Bonchev–Trinajstić information content (AvgIpc) is 3.45. The van der Waals surface area contributed by atoms with Crippen LogP contribution in [0, 0.1) is 0 Å². The summed E-state index contributed by atoms with van der Waals surface area (Å²) in [4.78, 5) is 3.90. The first kappa shape index (κ1) is 24.1. The zero-order valence-corrected chi connectivity index (χ0v) is 20.7. The molecule has 2 heterocycles. The van der Waals surface area contributed by atoms with Crippen LogP contribution in [0.3, 0.4) is 0 Å². The average molecular weight is 466 g/mol. The summed E-state index contributed by atoms with van der Waals surface area (Å²) in [5.41, 5.74) is 2.53. The van der Waals surface area contributed by atoms with Crippen molar-refractivity contribution in [2.45, 2.75) is 77.0 Å². The summed E-state index contributed by atoms with van der Waals surface area (Å²) in [7, 11) is 0. The lowest BCUT2D eigenvalue weighted by atomic mass is 9.99. The summed E-state index contributed by atoms with van der Waals surface area (Å²) in [5.74, 6) is 0.620. The molecule has 4 heteroatoms. The van der Waals surface area contributed by atoms with Crippen LogP contribution < -0.4 is 0 Å². The van der Waals surface area contributed by atoms with Crippen molar-refractivity contribution in [2.75, 3.05) is 19.6 Å². The lowest BCUT2D eigenvalue weighted by molar-refractivity contribution is 0.327. The summed E-state index contributed by atoms with van der Waals surface area (Å²) < 4.78 is 1.14. The molecule has 3 aromatic rings. The van der Waals surface area contributed by atoms with Gasteiger partial charge in [0.25, 0.3) is 0 Å². The van der Waals surface area contributed by atoms with E-state index < -0.39 is 0 Å². The zero-order chi connectivity index (χ0) is 22.9. The fraction of sp³-hybridized carbons (Fsp3) is 0.517. The molecule has 1 fully saturated rings. The van der Waals surface area contributed by atoms with Crippen molar-refractivity contribution in [3.05, 3.63) is 48.0 Å². The molecule has 0 saturated carbocycles. The Labute approximate surface area is 203 Å². The van der Waals surface area contributed by atoms with E-state index in [2.05, 4.69) is 11.0 Å². The number of fused-ring (bicyclic) bond motifs is 1. The molecule has 0 radical (unpaired) electrons. The Balaban J connectivity index is 1.19. The Morgan fingerprint density at radius 3 is 2.00 bits per heavy atom. The van der Waals surface area contributed by atoms with Crippen molar-refractivity contribution >= 4 is 21.4 Å². The lowest BCUT2D eigenvalue weighted by Crippen LogP contribution is -2.20. The fourth-order valence-electron chi connectivity index (χ4n) is 5.11. The van der Waals surface area contributed by atoms with Gasteiger partial charge in [-0.3, -0.25) is 0 Å². The van der Waals surface area contributed by atoms with Gasteiger partial charge < -0.3 is 15.1 Å². The number of likely N-dealkylation sites (tertiary alicyclic amines) is 1. The van der Waals surface area contributed by atoms with Crippen LogP contribution in [-0.2, 0) is 6.42 Å². The molecule has 3 nitrogen and oxygen atoms in total. The second kappa shape index (κ2) is 12.4. The molecular formula is C29H39NO2S. The van der Waals surface area contributed by atoms with Crippen molar-refractivity contribution < 1.29 is 10.2 Å². The molecule has 1 aliphatic heterocycles. The highest BCUT2D eigenvalue weighted by atomic mass is 32.1. The molecule has 0 amide bonds. The van der Waals surface area contributed by atoms with E-state index in [1.54, 1.807) is 29.5 Å². The van der Waals surface area contributed by atoms with Gasteiger partial charge in [-0.2, -0.15) is 0 Å². The number of aromatic hydroxyl groups is 2. The molecular weight excluding hydrogens is 426 g/mol. The van der Waals surface area contributed by atoms with Gasteiger partial charge in [-0.05, 0) is 111 Å². The number of nitrogens with zero attached hydrogens (tertiary/aromatic N) is 1. The van der Waals surface area contributed by atoms with E-state index in [0.29, 0.717) is 11.5 Å². The summed E-state index contributed by atoms with van der Waals surface area (Å²) in [5, 5.41) is 20.8. The predicted octanol–water partition coefficient (Wildman–Crippen LogP) is 8.13. The Bertz CT molecular complexity index is 989. The number of unbranched alkanes of at least 4 members (excludes halogenated alkanes) is 8. The van der Waals surface area contributed by atoms with Crippen LogP contribution in [0.15, 0.2) is 42.5 Å². The van der Waals surface area contributed by atoms with Crippen LogP contribution in [-0.4, -0.2) is 34.7 Å². The first-order valence-electron chi connectivity index (χ1n) is 13.0. The van der Waals surface area contributed by atoms with E-state index in [9.17, 15) is 10.2 Å². The zero-order valence-electron chi connectivity index (χ0n) is 19.9. The molecule has 1 aromatic heterocycles. The summed E-state index contributed by atoms with van der Waals surface area (Å²) in [6, 6.07) is 13.2. The third-order valence-electron chi connectivity index (χ3n) is 7.01. The molecule has 1 saturated heterocycles. The molecule has 33 heavy (non-hydrogen) atoms. The fourth-order valence-corrected chi connectivity index (χ4v) is 6.40. The highest BCUT2D eigenvalue weighted by Gasteiger charge is 2.14. The van der Waals surface area contributed by atoms with Gasteiger partial charge >= 0.3 is 0 Å². The first-order chi connectivity index (χ1) is 16.2. The quantitative estimate of drug-likeness (QED) is 0.250. The summed E-state index contributed by atoms with van der Waals surface area (Å²) in [6.45, 7) is 3.99. The van der Waals surface area contributed by atoms with Crippen LogP contribution in [0.4, 0.5) is 0 Å². The Hall–Kier alpha value is -2.04. The van der Waals surface area contributed by atoms with Gasteiger partial charge in [-0.15, -0.1) is 11.3 Å². The van der Waals surface area contributed by atoms with Crippen molar-refractivity contribution in [1.82, 2.24) is 4.90 Å². The normalized spacial score (nSPS) is 14.4. The smallest absolute Gasteiger partial charge is 0.117 e. The monoisotopic (exact) mass is 465 g/mol. The number of benzene rings is 2. The van der Waals surface area contributed by atoms with E-state index in [1.165, 1.54) is 106 Å². The number of phenolic OH excluding ortho intramolecular Hbond substituents is 2. The van der Waals surface area contributed by atoms with Crippen LogP contribution in [0.1, 0.15) is 76.2 Å². The molecule has 178 valence electrons. The van der Waals surface area contributed by atoms with Crippen molar-refractivity contribution in [3.8, 4) is 21.9 Å². The van der Waals surface area contributed by atoms with Gasteiger partial charge in [-0.25, -0.2) is 0 Å². The Kier molecular flexibility index (Phi) is 9.08. The van der Waals surface area contributed by atoms with Gasteiger partial charge in [0, 0.05) is 9.58 Å². The third-order valence-corrected chi connectivity index (χ3v) is 8.25. The van der Waals surface area contributed by atoms with Crippen molar-refractivity contribution in [2.24, 2.45) is 0 Å². The van der Waals surface area contributed by atoms with Crippen molar-refractivity contribution in [1.29, 1.82) is 0 Å². The number of phenols is 2. The van der Waals surface area contributed by atoms with E-state index in [0.717, 1.165) is 16.7 Å². The van der Waals surface area contributed by atoms with Gasteiger partial charge in [0.2, 0.25) is 0 Å². The number of hydrogen-bond acceptors (Lipinski definition) is 4. The highest BCUT2D eigenvalue weighted by molar-refractivity contribution is 7.22. The van der Waals surface area contributed by atoms with E-state index in [-0.39, 0.29) is 0 Å². The van der Waals surface area contributed by atoms with E-state index >= 15 is 0 Å². The third kappa shape index (κ3) is 6.97. The number of thiophene rings is 1. The minimum Gasteiger partial charge on any atom is -0.508 e. The highest BCUT2D eigenvalue weighted by Crippen LogP contribution is 2.41. The largest absolute Gasteiger partial charge is 0.508 e. The lowest BCUT2D eigenvalue weighted by Gasteiger charge is -2.13. The maximum absolute atomic E-state index is 9.92. The molecule has 2 aromatic carbocycles. The number of aryl methyl sites for hydroxylation is 1. The second-order valence-corrected chi connectivity index (χ2v) is 10.7. The Morgan fingerprint density at radius 1 is 0.697 bits per heavy atom. The minimum absolute atomic E-state index is 0.297. The molecule has 0 bridgehead atoms. The molecule has 1 aliphatic rings. The minimum atomic E-state index is 0.297. The van der Waals surface area contributed by atoms with Crippen LogP contribution in [0.2, 0.25) is 0 Å². The Morgan fingerprint density at radius 2 is 1.30 bits per heavy atom. The number of hydrogen-bond donors (Lipinski definition) is 2. The SMILES string of the molecule is Oc1ccc(-c2sc3cc(O)ccc3c2CCCCCCCCCCCN2CCCC2)cc1. The predicted molar refractivity (Wildman–Crippen MR) is 142 cm³/mol. The van der Waals surface area contributed by atoms with Crippen LogP contribution >= 0.6 is 11.3 Å². The number of rotatable bonds is 13. The maximum atomic E-state index is 9.92. The van der Waals surface area contributed by atoms with Gasteiger partial charge in [0.15, 0.2) is 0 Å².